The molecule has 0 saturated heterocycles. The van der Waals surface area contributed by atoms with Crippen molar-refractivity contribution in [3.63, 3.8) is 0 Å². The minimum atomic E-state index is -4.74. The Balaban J connectivity index is 3.98. The second-order valence-electron chi connectivity index (χ2n) is 12.2. The summed E-state index contributed by atoms with van der Waals surface area (Å²) in [6, 6.07) is 0. The second-order valence-corrected chi connectivity index (χ2v) is 13.4. The molecule has 0 fully saturated rings. The van der Waals surface area contributed by atoms with Crippen molar-refractivity contribution < 1.29 is 37.9 Å². The molecule has 0 aromatic rings. The van der Waals surface area contributed by atoms with Gasteiger partial charge in [-0.05, 0) is 38.5 Å². The molecule has 0 aromatic heterocycles. The molecule has 1 atom stereocenters. The van der Waals surface area contributed by atoms with Gasteiger partial charge in [-0.3, -0.25) is 14.1 Å². The van der Waals surface area contributed by atoms with Gasteiger partial charge >= 0.3 is 19.8 Å². The second kappa shape index (κ2) is 31.8. The first-order valence-electron chi connectivity index (χ1n) is 18.0. The summed E-state index contributed by atoms with van der Waals surface area (Å²) in [5.41, 5.74) is 0. The van der Waals surface area contributed by atoms with Gasteiger partial charge in [0.2, 0.25) is 0 Å². The first kappa shape index (κ1) is 42.8. The molecule has 0 bridgehead atoms. The zero-order chi connectivity index (χ0) is 32.6. The van der Waals surface area contributed by atoms with Crippen LogP contribution in [0.1, 0.15) is 181 Å². The van der Waals surface area contributed by atoms with E-state index in [1.807, 2.05) is 0 Å². The van der Waals surface area contributed by atoms with Crippen LogP contribution in [0.15, 0.2) is 12.2 Å². The van der Waals surface area contributed by atoms with Crippen molar-refractivity contribution in [2.75, 3.05) is 13.2 Å². The van der Waals surface area contributed by atoms with Gasteiger partial charge in [0.15, 0.2) is 6.10 Å². The van der Waals surface area contributed by atoms with Crippen molar-refractivity contribution in [3.8, 4) is 0 Å². The fourth-order valence-corrected chi connectivity index (χ4v) is 5.43. The fraction of sp³-hybridized carbons (Fsp3) is 0.886. The number of phosphoric acid groups is 1. The highest BCUT2D eigenvalue weighted by atomic mass is 31.2. The summed E-state index contributed by atoms with van der Waals surface area (Å²) in [5, 5.41) is 0. The molecule has 0 rings (SSSR count). The number of phosphoric ester groups is 1. The lowest BCUT2D eigenvalue weighted by atomic mass is 10.0. The highest BCUT2D eigenvalue weighted by Crippen LogP contribution is 2.36. The van der Waals surface area contributed by atoms with Crippen molar-refractivity contribution in [1.29, 1.82) is 0 Å². The van der Waals surface area contributed by atoms with Gasteiger partial charge in [-0.15, -0.1) is 0 Å². The summed E-state index contributed by atoms with van der Waals surface area (Å²) < 4.78 is 26.2. The van der Waals surface area contributed by atoms with Crippen molar-refractivity contribution in [1.82, 2.24) is 0 Å². The topological polar surface area (TPSA) is 119 Å². The molecule has 44 heavy (non-hydrogen) atoms. The number of unbranched alkanes of at least 4 members (excludes halogenated alkanes) is 21. The van der Waals surface area contributed by atoms with Crippen LogP contribution in [0.4, 0.5) is 0 Å². The fourth-order valence-electron chi connectivity index (χ4n) is 5.07. The van der Waals surface area contributed by atoms with Crippen LogP contribution in [0.25, 0.3) is 0 Å². The van der Waals surface area contributed by atoms with Gasteiger partial charge in [0.1, 0.15) is 6.61 Å². The lowest BCUT2D eigenvalue weighted by molar-refractivity contribution is -0.161. The summed E-state index contributed by atoms with van der Waals surface area (Å²) in [4.78, 5) is 42.6. The van der Waals surface area contributed by atoms with Crippen LogP contribution in [0.3, 0.4) is 0 Å². The SMILES string of the molecule is CCCCCC/C=C\CCCCCCCC(=O)O[C@H](COC(=O)CCCCCCCCCCCCCCC)COP(=O)(O)O. The molecule has 0 aliphatic rings. The van der Waals surface area contributed by atoms with Crippen LogP contribution in [-0.2, 0) is 28.2 Å². The number of esters is 2. The number of hydrogen-bond donors (Lipinski definition) is 2. The van der Waals surface area contributed by atoms with Crippen LogP contribution in [0, 0.1) is 0 Å². The van der Waals surface area contributed by atoms with Gasteiger partial charge in [0, 0.05) is 12.8 Å². The highest BCUT2D eigenvalue weighted by molar-refractivity contribution is 7.46. The predicted octanol–water partition coefficient (Wildman–Crippen LogP) is 10.3. The third kappa shape index (κ3) is 33.7. The third-order valence-electron chi connectivity index (χ3n) is 7.78. The molecular weight excluding hydrogens is 579 g/mol. The van der Waals surface area contributed by atoms with Gasteiger partial charge < -0.3 is 19.3 Å². The van der Waals surface area contributed by atoms with E-state index in [1.54, 1.807) is 0 Å². The number of rotatable bonds is 33. The predicted molar refractivity (Wildman–Crippen MR) is 179 cm³/mol. The van der Waals surface area contributed by atoms with Gasteiger partial charge in [0.25, 0.3) is 0 Å². The van der Waals surface area contributed by atoms with Crippen LogP contribution < -0.4 is 0 Å². The van der Waals surface area contributed by atoms with E-state index in [0.29, 0.717) is 6.42 Å². The molecule has 0 aliphatic carbocycles. The van der Waals surface area contributed by atoms with Crippen LogP contribution in [0.2, 0.25) is 0 Å². The minimum Gasteiger partial charge on any atom is -0.462 e. The summed E-state index contributed by atoms with van der Waals surface area (Å²) in [7, 11) is -4.74. The molecule has 0 amide bonds. The molecule has 0 radical (unpaired) electrons. The Kier molecular flexibility index (Phi) is 30.9. The Morgan fingerprint density at radius 2 is 0.955 bits per heavy atom. The van der Waals surface area contributed by atoms with Gasteiger partial charge in [-0.25, -0.2) is 4.57 Å². The number of ether oxygens (including phenoxy) is 2. The Morgan fingerprint density at radius 3 is 1.41 bits per heavy atom. The maximum atomic E-state index is 12.3. The Morgan fingerprint density at radius 1 is 0.568 bits per heavy atom. The van der Waals surface area contributed by atoms with Gasteiger partial charge in [0.05, 0.1) is 6.61 Å². The van der Waals surface area contributed by atoms with E-state index in [4.69, 9.17) is 19.3 Å². The first-order chi connectivity index (χ1) is 21.3. The maximum Gasteiger partial charge on any atom is 0.469 e. The summed E-state index contributed by atoms with van der Waals surface area (Å²) in [5.74, 6) is -0.889. The molecule has 8 nitrogen and oxygen atoms in total. The van der Waals surface area contributed by atoms with Crippen LogP contribution >= 0.6 is 7.82 Å². The molecule has 0 unspecified atom stereocenters. The molecule has 0 saturated carbocycles. The zero-order valence-corrected chi connectivity index (χ0v) is 29.2. The van der Waals surface area contributed by atoms with E-state index in [9.17, 15) is 14.2 Å². The number of carbonyl (C=O) groups is 2. The van der Waals surface area contributed by atoms with E-state index in [1.165, 1.54) is 96.3 Å². The van der Waals surface area contributed by atoms with Crippen molar-refractivity contribution in [2.45, 2.75) is 187 Å². The molecule has 260 valence electrons. The summed E-state index contributed by atoms with van der Waals surface area (Å²) in [6.45, 7) is 3.65. The lowest BCUT2D eigenvalue weighted by Gasteiger charge is -2.18. The molecule has 9 heteroatoms. The van der Waals surface area contributed by atoms with Crippen molar-refractivity contribution in [2.24, 2.45) is 0 Å². The van der Waals surface area contributed by atoms with Crippen LogP contribution in [0.5, 0.6) is 0 Å². The summed E-state index contributed by atoms with van der Waals surface area (Å²) in [6.07, 6.45) is 32.1. The Bertz CT molecular complexity index is 736. The maximum absolute atomic E-state index is 12.3. The molecule has 0 heterocycles. The highest BCUT2D eigenvalue weighted by Gasteiger charge is 2.22. The third-order valence-corrected chi connectivity index (χ3v) is 8.27. The Hall–Kier alpha value is -1.21. The smallest absolute Gasteiger partial charge is 0.462 e. The van der Waals surface area contributed by atoms with Gasteiger partial charge in [-0.1, -0.05) is 142 Å². The lowest BCUT2D eigenvalue weighted by Crippen LogP contribution is -2.29. The van der Waals surface area contributed by atoms with Crippen LogP contribution in [-0.4, -0.2) is 41.0 Å². The van der Waals surface area contributed by atoms with Crippen molar-refractivity contribution >= 4 is 19.8 Å². The van der Waals surface area contributed by atoms with E-state index >= 15 is 0 Å². The Labute approximate surface area is 269 Å². The standard InChI is InChI=1S/C35H67O8P/c1-3-5-7-9-11-13-15-17-19-21-23-25-27-29-34(36)41-31-33(32-42-44(38,39)40)43-35(37)30-28-26-24-22-20-18-16-14-12-10-8-6-4-2/h14,16,33H,3-13,15,17-32H2,1-2H3,(H2,38,39,40)/b16-14-/t33-/m1/s1. The van der Waals surface area contributed by atoms with E-state index in [-0.39, 0.29) is 19.4 Å². The first-order valence-corrected chi connectivity index (χ1v) is 19.5. The molecule has 0 spiro atoms. The number of hydrogen-bond acceptors (Lipinski definition) is 6. The largest absolute Gasteiger partial charge is 0.469 e. The molecule has 0 aliphatic heterocycles. The molecule has 2 N–H and O–H groups in total. The average Bonchev–Trinajstić information content (AvgIpc) is 2.98. The summed E-state index contributed by atoms with van der Waals surface area (Å²) >= 11 is 0. The van der Waals surface area contributed by atoms with Crippen molar-refractivity contribution in [3.05, 3.63) is 12.2 Å². The molecule has 0 aromatic carbocycles. The zero-order valence-electron chi connectivity index (χ0n) is 28.3. The average molecular weight is 647 g/mol. The minimum absolute atomic E-state index is 0.205. The van der Waals surface area contributed by atoms with E-state index in [0.717, 1.165) is 51.4 Å². The van der Waals surface area contributed by atoms with E-state index in [2.05, 4.69) is 30.5 Å². The number of allylic oxidation sites excluding steroid dienone is 2. The molecular formula is C35H67O8P. The monoisotopic (exact) mass is 646 g/mol. The number of carbonyl (C=O) groups excluding carboxylic acids is 2. The normalized spacial score (nSPS) is 12.5. The van der Waals surface area contributed by atoms with Gasteiger partial charge in [-0.2, -0.15) is 0 Å². The van der Waals surface area contributed by atoms with E-state index < -0.39 is 32.5 Å². The quantitative estimate of drug-likeness (QED) is 0.0313.